The fraction of sp³-hybridized carbons (Fsp3) is 0.211. The van der Waals surface area contributed by atoms with Crippen LogP contribution in [0.3, 0.4) is 0 Å². The maximum atomic E-state index is 12.0. The van der Waals surface area contributed by atoms with Gasteiger partial charge in [0.15, 0.2) is 5.16 Å². The van der Waals surface area contributed by atoms with Crippen molar-refractivity contribution in [1.82, 2.24) is 25.3 Å². The van der Waals surface area contributed by atoms with Gasteiger partial charge in [-0.1, -0.05) is 11.8 Å². The first-order chi connectivity index (χ1) is 14.2. The van der Waals surface area contributed by atoms with Crippen LogP contribution in [-0.4, -0.2) is 45.8 Å². The van der Waals surface area contributed by atoms with Crippen molar-refractivity contribution in [3.05, 3.63) is 54.7 Å². The molecule has 0 saturated carbocycles. The summed E-state index contributed by atoms with van der Waals surface area (Å²) >= 11 is 1.20. The zero-order valence-corrected chi connectivity index (χ0v) is 16.7. The molecular formula is C19H19N5O4S. The molecule has 0 unspecified atom stereocenters. The number of carbonyl (C=O) groups is 1. The highest BCUT2D eigenvalue weighted by Crippen LogP contribution is 2.30. The molecule has 1 aromatic carbocycles. The van der Waals surface area contributed by atoms with Crippen LogP contribution in [0.25, 0.3) is 0 Å². The molecule has 2 heterocycles. The van der Waals surface area contributed by atoms with Crippen LogP contribution in [0, 0.1) is 0 Å². The van der Waals surface area contributed by atoms with Gasteiger partial charge in [-0.3, -0.25) is 14.8 Å². The van der Waals surface area contributed by atoms with Crippen molar-refractivity contribution in [2.45, 2.75) is 11.7 Å². The largest absolute Gasteiger partial charge is 0.496 e. The van der Waals surface area contributed by atoms with E-state index in [2.05, 4.69) is 25.3 Å². The molecule has 2 aromatic heterocycles. The molecule has 1 N–H and O–H groups in total. The minimum Gasteiger partial charge on any atom is -0.496 e. The van der Waals surface area contributed by atoms with Crippen LogP contribution in [0.2, 0.25) is 0 Å². The number of hydrogen-bond acceptors (Lipinski definition) is 9. The third-order valence-corrected chi connectivity index (χ3v) is 4.43. The van der Waals surface area contributed by atoms with E-state index in [9.17, 15) is 4.79 Å². The van der Waals surface area contributed by atoms with Crippen molar-refractivity contribution in [3.63, 3.8) is 0 Å². The van der Waals surface area contributed by atoms with Gasteiger partial charge in [0.1, 0.15) is 17.2 Å². The topological polar surface area (TPSA) is 108 Å². The number of thioether (sulfide) groups is 1. The van der Waals surface area contributed by atoms with E-state index in [1.165, 1.54) is 11.8 Å². The normalized spacial score (nSPS) is 10.3. The Balaban J connectivity index is 1.56. The maximum Gasteiger partial charge on any atom is 0.230 e. The van der Waals surface area contributed by atoms with E-state index in [0.29, 0.717) is 40.5 Å². The Morgan fingerprint density at radius 2 is 1.79 bits per heavy atom. The molecule has 0 spiro atoms. The molecule has 0 aliphatic rings. The van der Waals surface area contributed by atoms with Gasteiger partial charge in [0, 0.05) is 42.9 Å². The molecule has 29 heavy (non-hydrogen) atoms. The minimum absolute atomic E-state index is 0.159. The molecule has 10 heteroatoms. The SMILES string of the molecule is COc1cc(OC)cc(Oc2ccnc(SCC(=O)NCc3cnccn3)n2)c1. The standard InChI is InChI=1S/C19H19N5O4S/c1-26-14-7-15(27-2)9-16(8-14)28-18-3-4-22-19(24-18)29-12-17(25)23-11-13-10-20-5-6-21-13/h3-10H,11-12H2,1-2H3,(H,23,25). The van der Waals surface area contributed by atoms with Crippen molar-refractivity contribution < 1.29 is 19.0 Å². The number of rotatable bonds is 9. The van der Waals surface area contributed by atoms with Crippen LogP contribution in [0.5, 0.6) is 23.1 Å². The Bertz CT molecular complexity index is 936. The third-order valence-electron chi connectivity index (χ3n) is 3.57. The molecule has 0 radical (unpaired) electrons. The zero-order valence-electron chi connectivity index (χ0n) is 15.9. The molecule has 9 nitrogen and oxygen atoms in total. The van der Waals surface area contributed by atoms with Gasteiger partial charge in [-0.2, -0.15) is 4.98 Å². The number of ether oxygens (including phenoxy) is 3. The van der Waals surface area contributed by atoms with Gasteiger partial charge in [0.25, 0.3) is 0 Å². The van der Waals surface area contributed by atoms with Gasteiger partial charge in [-0.05, 0) is 0 Å². The van der Waals surface area contributed by atoms with E-state index in [1.807, 2.05) is 0 Å². The summed E-state index contributed by atoms with van der Waals surface area (Å²) in [5, 5.41) is 3.20. The Morgan fingerprint density at radius 1 is 1.03 bits per heavy atom. The minimum atomic E-state index is -0.159. The average Bonchev–Trinajstić information content (AvgIpc) is 2.77. The second-order valence-corrected chi connectivity index (χ2v) is 6.53. The Labute approximate surface area is 171 Å². The highest BCUT2D eigenvalue weighted by Gasteiger charge is 2.09. The molecule has 1 amide bonds. The lowest BCUT2D eigenvalue weighted by Gasteiger charge is -2.10. The highest BCUT2D eigenvalue weighted by molar-refractivity contribution is 7.99. The van der Waals surface area contributed by atoms with E-state index in [0.717, 1.165) is 0 Å². The van der Waals surface area contributed by atoms with Crippen LogP contribution < -0.4 is 19.5 Å². The summed E-state index contributed by atoms with van der Waals surface area (Å²) < 4.78 is 16.2. The first-order valence-electron chi connectivity index (χ1n) is 8.54. The lowest BCUT2D eigenvalue weighted by Crippen LogP contribution is -2.25. The second kappa shape index (κ2) is 10.2. The molecule has 150 valence electrons. The number of amides is 1. The molecule has 0 aliphatic carbocycles. The molecule has 0 fully saturated rings. The van der Waals surface area contributed by atoms with Crippen LogP contribution in [-0.2, 0) is 11.3 Å². The van der Waals surface area contributed by atoms with E-state index >= 15 is 0 Å². The van der Waals surface area contributed by atoms with Crippen LogP contribution in [0.4, 0.5) is 0 Å². The number of aromatic nitrogens is 4. The maximum absolute atomic E-state index is 12.0. The summed E-state index contributed by atoms with van der Waals surface area (Å²) in [5.41, 5.74) is 0.686. The summed E-state index contributed by atoms with van der Waals surface area (Å²) in [7, 11) is 3.13. The van der Waals surface area contributed by atoms with Crippen molar-refractivity contribution in [2.75, 3.05) is 20.0 Å². The number of nitrogens with zero attached hydrogens (tertiary/aromatic N) is 4. The molecule has 3 rings (SSSR count). The van der Waals surface area contributed by atoms with Crippen LogP contribution in [0.1, 0.15) is 5.69 Å². The number of benzene rings is 1. The zero-order chi connectivity index (χ0) is 20.5. The summed E-state index contributed by atoms with van der Waals surface area (Å²) in [6.45, 7) is 0.314. The van der Waals surface area contributed by atoms with E-state index in [1.54, 1.807) is 63.3 Å². The fourth-order valence-corrected chi connectivity index (χ4v) is 2.86. The van der Waals surface area contributed by atoms with Crippen LogP contribution in [0.15, 0.2) is 54.2 Å². The quantitative estimate of drug-likeness (QED) is 0.418. The van der Waals surface area contributed by atoms with Crippen LogP contribution >= 0.6 is 11.8 Å². The van der Waals surface area contributed by atoms with Gasteiger partial charge >= 0.3 is 0 Å². The first-order valence-corrected chi connectivity index (χ1v) is 9.53. The highest BCUT2D eigenvalue weighted by atomic mass is 32.2. The predicted octanol–water partition coefficient (Wildman–Crippen LogP) is 2.48. The van der Waals surface area contributed by atoms with Gasteiger partial charge in [0.05, 0.1) is 38.4 Å². The predicted molar refractivity (Wildman–Crippen MR) is 106 cm³/mol. The summed E-state index contributed by atoms with van der Waals surface area (Å²) in [6, 6.07) is 6.81. The van der Waals surface area contributed by atoms with Crippen molar-refractivity contribution >= 4 is 17.7 Å². The van der Waals surface area contributed by atoms with E-state index in [-0.39, 0.29) is 11.7 Å². The lowest BCUT2D eigenvalue weighted by atomic mass is 10.3. The van der Waals surface area contributed by atoms with Gasteiger partial charge in [-0.15, -0.1) is 0 Å². The Morgan fingerprint density at radius 3 is 2.48 bits per heavy atom. The molecule has 0 bridgehead atoms. The van der Waals surface area contributed by atoms with Gasteiger partial charge in [0.2, 0.25) is 11.8 Å². The van der Waals surface area contributed by atoms with E-state index in [4.69, 9.17) is 14.2 Å². The van der Waals surface area contributed by atoms with E-state index < -0.39 is 0 Å². The lowest BCUT2D eigenvalue weighted by molar-refractivity contribution is -0.118. The van der Waals surface area contributed by atoms with Crippen molar-refractivity contribution in [2.24, 2.45) is 0 Å². The number of methoxy groups -OCH3 is 2. The molecule has 0 saturated heterocycles. The molecule has 0 aliphatic heterocycles. The molecule has 3 aromatic rings. The Kier molecular flexibility index (Phi) is 7.17. The number of carbonyl (C=O) groups excluding carboxylic acids is 1. The monoisotopic (exact) mass is 413 g/mol. The van der Waals surface area contributed by atoms with Gasteiger partial charge < -0.3 is 19.5 Å². The average molecular weight is 413 g/mol. The second-order valence-electron chi connectivity index (χ2n) is 5.59. The van der Waals surface area contributed by atoms with Crippen molar-refractivity contribution in [1.29, 1.82) is 0 Å². The molecular weight excluding hydrogens is 394 g/mol. The number of nitrogens with one attached hydrogen (secondary N) is 1. The van der Waals surface area contributed by atoms with Gasteiger partial charge in [-0.25, -0.2) is 4.98 Å². The smallest absolute Gasteiger partial charge is 0.230 e. The Hall–Kier alpha value is -3.40. The summed E-state index contributed by atoms with van der Waals surface area (Å²) in [4.78, 5) is 28.5. The first kappa shape index (κ1) is 20.3. The fourth-order valence-electron chi connectivity index (χ4n) is 2.20. The molecule has 0 atom stereocenters. The summed E-state index contributed by atoms with van der Waals surface area (Å²) in [5.74, 6) is 2.06. The number of hydrogen-bond donors (Lipinski definition) is 1. The third kappa shape index (κ3) is 6.32. The summed E-state index contributed by atoms with van der Waals surface area (Å²) in [6.07, 6.45) is 6.33. The van der Waals surface area contributed by atoms with Crippen molar-refractivity contribution in [3.8, 4) is 23.1 Å².